The van der Waals surface area contributed by atoms with Crippen molar-refractivity contribution in [2.45, 2.75) is 46.2 Å². The number of pyridine rings is 1. The number of carbonyl (C=O) groups excluding carboxylic acids is 2. The monoisotopic (exact) mass is 264 g/mol. The third kappa shape index (κ3) is 5.99. The molecular weight excluding hydrogens is 242 g/mol. The number of aryl methyl sites for hydroxylation is 1. The molecule has 5 nitrogen and oxygen atoms in total. The van der Waals surface area contributed by atoms with Gasteiger partial charge < -0.3 is 5.32 Å². The lowest BCUT2D eigenvalue weighted by atomic mass is 10.2. The minimum absolute atomic E-state index is 0.00813. The maximum Gasteiger partial charge on any atom is 0.321 e. The number of imide groups is 1. The number of amides is 3. The van der Waals surface area contributed by atoms with Crippen molar-refractivity contribution in [2.24, 2.45) is 0 Å². The molecule has 0 spiro atoms. The predicted octanol–water partition coefficient (Wildman–Crippen LogP) is 1.16. The van der Waals surface area contributed by atoms with E-state index in [-0.39, 0.29) is 18.5 Å². The Balaban J connectivity index is 2.45. The highest BCUT2D eigenvalue weighted by atomic mass is 16.2. The molecule has 104 valence electrons. The minimum atomic E-state index is -0.455. The average molecular weight is 264 g/mol. The molecule has 0 radical (unpaired) electrons. The number of urea groups is 1. The van der Waals surface area contributed by atoms with Crippen molar-refractivity contribution < 1.29 is 14.2 Å². The van der Waals surface area contributed by atoms with E-state index in [2.05, 4.69) is 17.6 Å². The number of aromatic nitrogens is 1. The first-order valence-corrected chi connectivity index (χ1v) is 6.59. The van der Waals surface area contributed by atoms with Crippen LogP contribution in [0.4, 0.5) is 4.79 Å². The molecule has 0 aliphatic carbocycles. The van der Waals surface area contributed by atoms with Crippen LogP contribution in [0.5, 0.6) is 0 Å². The highest BCUT2D eigenvalue weighted by molar-refractivity contribution is 5.93. The molecule has 19 heavy (non-hydrogen) atoms. The van der Waals surface area contributed by atoms with Gasteiger partial charge in [0.1, 0.15) is 0 Å². The minimum Gasteiger partial charge on any atom is -0.336 e. The summed E-state index contributed by atoms with van der Waals surface area (Å²) in [6, 6.07) is 3.53. The van der Waals surface area contributed by atoms with Gasteiger partial charge in [0.25, 0.3) is 5.91 Å². The summed E-state index contributed by atoms with van der Waals surface area (Å²) in [4.78, 5) is 23.0. The van der Waals surface area contributed by atoms with E-state index in [0.29, 0.717) is 0 Å². The van der Waals surface area contributed by atoms with Crippen molar-refractivity contribution in [1.29, 1.82) is 0 Å². The van der Waals surface area contributed by atoms with Crippen molar-refractivity contribution in [2.75, 3.05) is 0 Å². The molecular formula is C14H22N3O2+. The number of rotatable bonds is 5. The predicted molar refractivity (Wildman–Crippen MR) is 72.4 cm³/mol. The first-order chi connectivity index (χ1) is 9.01. The van der Waals surface area contributed by atoms with E-state index in [0.717, 1.165) is 12.8 Å². The van der Waals surface area contributed by atoms with Crippen LogP contribution in [0.25, 0.3) is 0 Å². The number of hydrogen-bond donors (Lipinski definition) is 2. The summed E-state index contributed by atoms with van der Waals surface area (Å²) < 4.78 is 1.75. The average Bonchev–Trinajstić information content (AvgIpc) is 2.30. The Bertz CT molecular complexity index is 427. The first kappa shape index (κ1) is 15.1. The quantitative estimate of drug-likeness (QED) is 0.784. The van der Waals surface area contributed by atoms with Gasteiger partial charge in [0.2, 0.25) is 6.54 Å². The lowest BCUT2D eigenvalue weighted by Crippen LogP contribution is -2.48. The smallest absolute Gasteiger partial charge is 0.321 e. The van der Waals surface area contributed by atoms with Gasteiger partial charge in [0.05, 0.1) is 0 Å². The van der Waals surface area contributed by atoms with Gasteiger partial charge in [0.15, 0.2) is 12.4 Å². The molecule has 0 saturated carbocycles. The van der Waals surface area contributed by atoms with Crippen LogP contribution in [-0.4, -0.2) is 18.0 Å². The van der Waals surface area contributed by atoms with Gasteiger partial charge in [-0.15, -0.1) is 0 Å². The summed E-state index contributed by atoms with van der Waals surface area (Å²) in [5, 5.41) is 4.89. The van der Waals surface area contributed by atoms with Crippen LogP contribution >= 0.6 is 0 Å². The Labute approximate surface area is 114 Å². The van der Waals surface area contributed by atoms with Crippen molar-refractivity contribution in [3.05, 3.63) is 30.1 Å². The van der Waals surface area contributed by atoms with E-state index in [4.69, 9.17) is 0 Å². The Morgan fingerprint density at radius 3 is 2.42 bits per heavy atom. The van der Waals surface area contributed by atoms with Gasteiger partial charge in [-0.25, -0.2) is 4.79 Å². The van der Waals surface area contributed by atoms with Gasteiger partial charge in [-0.05, 0) is 25.8 Å². The summed E-state index contributed by atoms with van der Waals surface area (Å²) in [5.74, 6) is -0.327. The zero-order valence-electron chi connectivity index (χ0n) is 11.8. The van der Waals surface area contributed by atoms with Crippen LogP contribution in [0.2, 0.25) is 0 Å². The summed E-state index contributed by atoms with van der Waals surface area (Å²) in [5.41, 5.74) is 1.25. The normalized spacial score (nSPS) is 10.3. The Hall–Kier alpha value is -1.91. The highest BCUT2D eigenvalue weighted by Crippen LogP contribution is 1.98. The molecule has 0 fully saturated rings. The molecule has 0 atom stereocenters. The number of carbonyl (C=O) groups is 2. The molecule has 0 aliphatic rings. The van der Waals surface area contributed by atoms with Gasteiger partial charge in [-0.3, -0.25) is 10.1 Å². The van der Waals surface area contributed by atoms with E-state index < -0.39 is 6.03 Å². The van der Waals surface area contributed by atoms with E-state index >= 15 is 0 Å². The largest absolute Gasteiger partial charge is 0.336 e. The maximum absolute atomic E-state index is 11.6. The fourth-order valence-electron chi connectivity index (χ4n) is 1.68. The zero-order valence-corrected chi connectivity index (χ0v) is 11.8. The van der Waals surface area contributed by atoms with E-state index in [9.17, 15) is 9.59 Å². The topological polar surface area (TPSA) is 62.1 Å². The fourth-order valence-corrected chi connectivity index (χ4v) is 1.68. The van der Waals surface area contributed by atoms with Crippen LogP contribution in [-0.2, 0) is 17.8 Å². The van der Waals surface area contributed by atoms with E-state index in [1.54, 1.807) is 4.57 Å². The second-order valence-corrected chi connectivity index (χ2v) is 4.81. The summed E-state index contributed by atoms with van der Waals surface area (Å²) in [7, 11) is 0. The first-order valence-electron chi connectivity index (χ1n) is 6.59. The Morgan fingerprint density at radius 1 is 1.26 bits per heavy atom. The Morgan fingerprint density at radius 2 is 1.89 bits per heavy atom. The molecule has 1 rings (SSSR count). The van der Waals surface area contributed by atoms with Crippen LogP contribution in [0, 0.1) is 0 Å². The molecule has 1 aromatic rings. The SMILES string of the molecule is CCCc1cc[n+](CC(=O)NC(=O)NC(C)C)cc1. The van der Waals surface area contributed by atoms with Crippen LogP contribution in [0.3, 0.4) is 0 Å². The summed E-state index contributed by atoms with van der Waals surface area (Å²) in [6.07, 6.45) is 5.83. The third-order valence-electron chi connectivity index (χ3n) is 2.50. The third-order valence-corrected chi connectivity index (χ3v) is 2.50. The summed E-state index contributed by atoms with van der Waals surface area (Å²) >= 11 is 0. The standard InChI is InChI=1S/C14H21N3O2/c1-4-5-12-6-8-17(9-7-12)10-13(18)16-14(19)15-11(2)3/h6-9,11H,4-5,10H2,1-3H3,(H-,15,16,18,19)/p+1. The number of nitrogens with one attached hydrogen (secondary N) is 2. The van der Waals surface area contributed by atoms with E-state index in [1.165, 1.54) is 5.56 Å². The van der Waals surface area contributed by atoms with Crippen LogP contribution < -0.4 is 15.2 Å². The molecule has 3 amide bonds. The second kappa shape index (κ2) is 7.51. The lowest BCUT2D eigenvalue weighted by molar-refractivity contribution is -0.684. The molecule has 0 bridgehead atoms. The molecule has 0 aliphatic heterocycles. The number of hydrogen-bond acceptors (Lipinski definition) is 2. The van der Waals surface area contributed by atoms with Gasteiger partial charge in [-0.1, -0.05) is 13.3 Å². The molecule has 1 heterocycles. The van der Waals surface area contributed by atoms with Gasteiger partial charge in [-0.2, -0.15) is 4.57 Å². The molecule has 0 unspecified atom stereocenters. The van der Waals surface area contributed by atoms with Crippen molar-refractivity contribution in [3.8, 4) is 0 Å². The van der Waals surface area contributed by atoms with Gasteiger partial charge >= 0.3 is 6.03 Å². The van der Waals surface area contributed by atoms with Crippen molar-refractivity contribution in [3.63, 3.8) is 0 Å². The van der Waals surface area contributed by atoms with Gasteiger partial charge in [0, 0.05) is 18.2 Å². The summed E-state index contributed by atoms with van der Waals surface area (Å²) in [6.45, 7) is 5.94. The van der Waals surface area contributed by atoms with Crippen molar-refractivity contribution in [1.82, 2.24) is 10.6 Å². The fraction of sp³-hybridized carbons (Fsp3) is 0.500. The Kier molecular flexibility index (Phi) is 5.99. The lowest BCUT2D eigenvalue weighted by Gasteiger charge is -2.07. The van der Waals surface area contributed by atoms with E-state index in [1.807, 2.05) is 38.4 Å². The molecule has 5 heteroatoms. The molecule has 0 aromatic carbocycles. The molecule has 0 saturated heterocycles. The molecule has 1 aromatic heterocycles. The molecule has 2 N–H and O–H groups in total. The van der Waals surface area contributed by atoms with Crippen LogP contribution in [0.1, 0.15) is 32.8 Å². The number of nitrogens with zero attached hydrogens (tertiary/aromatic N) is 1. The highest BCUT2D eigenvalue weighted by Gasteiger charge is 2.13. The second-order valence-electron chi connectivity index (χ2n) is 4.81. The maximum atomic E-state index is 11.6. The van der Waals surface area contributed by atoms with Crippen molar-refractivity contribution >= 4 is 11.9 Å². The van der Waals surface area contributed by atoms with Crippen LogP contribution in [0.15, 0.2) is 24.5 Å². The zero-order chi connectivity index (χ0) is 14.3.